The van der Waals surface area contributed by atoms with Crippen LogP contribution in [0.5, 0.6) is 0 Å². The van der Waals surface area contributed by atoms with Gasteiger partial charge in [-0.05, 0) is 0 Å². The van der Waals surface area contributed by atoms with E-state index in [-0.39, 0.29) is 0 Å². The Kier molecular flexibility index (Phi) is 5.59. The molecule has 0 bridgehead atoms. The third kappa shape index (κ3) is 2.77. The van der Waals surface area contributed by atoms with Crippen molar-refractivity contribution < 1.29 is 0 Å². The second-order valence-electron chi connectivity index (χ2n) is 1.44. The first-order valence-corrected chi connectivity index (χ1v) is 9.68. The van der Waals surface area contributed by atoms with Crippen LogP contribution in [0, 0.1) is 3.14 Å². The molecule has 0 spiro atoms. The standard InChI is InChI=1S/C3H2S3Se2.2Li/c4-3-5-1(7)2(8)6-3;;/h7-8H;;/q;2*+1/p-2. The molecule has 1 aromatic rings. The van der Waals surface area contributed by atoms with Crippen molar-refractivity contribution in [3.63, 3.8) is 0 Å². The molecule has 0 fully saturated rings. The summed E-state index contributed by atoms with van der Waals surface area (Å²) in [6.07, 6.45) is 0. The topological polar surface area (TPSA) is 0 Å². The predicted octanol–water partition coefficient (Wildman–Crippen LogP) is -0.635. The van der Waals surface area contributed by atoms with E-state index in [0.29, 0.717) is 25.5 Å². The van der Waals surface area contributed by atoms with Gasteiger partial charge in [0.15, 0.2) is 0 Å². The molecule has 44 valence electrons. The van der Waals surface area contributed by atoms with Gasteiger partial charge < -0.3 is 0 Å². The minimum absolute atomic E-state index is 0.658. The molecule has 1 heterocycles. The van der Waals surface area contributed by atoms with Crippen molar-refractivity contribution in [2.75, 3.05) is 0 Å². The van der Waals surface area contributed by atoms with Gasteiger partial charge in [0.05, 0.1) is 0 Å². The molecule has 0 aliphatic heterocycles. The van der Waals surface area contributed by atoms with Crippen LogP contribution in [0.15, 0.2) is 0 Å². The first kappa shape index (κ1) is 10.6. The molecule has 0 saturated heterocycles. The van der Waals surface area contributed by atoms with Crippen LogP contribution in [-0.2, 0) is 0 Å². The summed E-state index contributed by atoms with van der Waals surface area (Å²) in [5.41, 5.74) is 0. The van der Waals surface area contributed by atoms with E-state index in [4.69, 9.17) is 12.2 Å². The van der Waals surface area contributed by atoms with Crippen LogP contribution in [0.1, 0.15) is 0 Å². The van der Waals surface area contributed by atoms with Crippen molar-refractivity contribution in [1.29, 1.82) is 0 Å². The molecule has 10 heavy (non-hydrogen) atoms. The minimum atomic E-state index is 0.658. The van der Waals surface area contributed by atoms with Crippen LogP contribution in [0.4, 0.5) is 0 Å². The summed E-state index contributed by atoms with van der Waals surface area (Å²) < 4.78 is 4.26. The maximum atomic E-state index is 5.11. The van der Waals surface area contributed by atoms with E-state index in [1.54, 1.807) is 7.55 Å². The molecule has 0 aromatic carbocycles. The first-order chi connectivity index (χ1) is 4.77. The summed E-state index contributed by atoms with van der Waals surface area (Å²) in [6, 6.07) is 0. The molecule has 0 N–H and O–H groups in total. The monoisotopic (exact) mass is 306 g/mol. The van der Waals surface area contributed by atoms with Crippen molar-refractivity contribution >= 4 is 99.5 Å². The van der Waals surface area contributed by atoms with E-state index in [1.807, 2.05) is 22.7 Å². The fourth-order valence-corrected chi connectivity index (χ4v) is 9.99. The van der Waals surface area contributed by atoms with Gasteiger partial charge in [-0.2, -0.15) is 0 Å². The molecule has 0 radical (unpaired) electrons. The van der Waals surface area contributed by atoms with Gasteiger partial charge in [0, 0.05) is 0 Å². The molecule has 0 aliphatic rings. The fourth-order valence-electron chi connectivity index (χ4n) is 0.506. The maximum absolute atomic E-state index is 5.11. The fraction of sp³-hybridized carbons (Fsp3) is 0. The Labute approximate surface area is 101 Å². The van der Waals surface area contributed by atoms with E-state index in [1.165, 1.54) is 0 Å². The van der Waals surface area contributed by atoms with E-state index in [2.05, 4.69) is 31.5 Å². The average Bonchev–Trinajstić information content (AvgIpc) is 2.30. The zero-order chi connectivity index (χ0) is 7.56. The van der Waals surface area contributed by atoms with Crippen LogP contribution < -0.4 is 7.55 Å². The van der Waals surface area contributed by atoms with Crippen molar-refractivity contribution in [1.82, 2.24) is 0 Å². The van der Waals surface area contributed by atoms with Gasteiger partial charge >= 0.3 is 103 Å². The molecule has 1 aromatic heterocycles. The van der Waals surface area contributed by atoms with Crippen LogP contribution >= 0.6 is 34.9 Å². The van der Waals surface area contributed by atoms with Crippen molar-refractivity contribution in [2.24, 2.45) is 0 Å². The second-order valence-corrected chi connectivity index (χ2v) is 9.25. The van der Waals surface area contributed by atoms with Crippen molar-refractivity contribution in [3.8, 4) is 0 Å². The van der Waals surface area contributed by atoms with Crippen molar-refractivity contribution in [2.45, 2.75) is 0 Å². The molecule has 1 rings (SSSR count). The molecule has 0 atom stereocenters. The van der Waals surface area contributed by atoms with Gasteiger partial charge in [-0.3, -0.25) is 0 Å². The summed E-state index contributed by atoms with van der Waals surface area (Å²) in [5, 5.41) is 0. The molecule has 0 nitrogen and oxygen atoms in total. The van der Waals surface area contributed by atoms with Gasteiger partial charge in [-0.1, -0.05) is 0 Å². The Morgan fingerprint density at radius 3 is 1.80 bits per heavy atom. The van der Waals surface area contributed by atoms with Crippen LogP contribution in [0.25, 0.3) is 0 Å². The molecule has 0 amide bonds. The molecule has 0 unspecified atom stereocenters. The Hall–Kier alpha value is 2.50. The summed E-state index contributed by atoms with van der Waals surface area (Å²) in [4.78, 5) is 0. The zero-order valence-electron chi connectivity index (χ0n) is 5.54. The van der Waals surface area contributed by atoms with Gasteiger partial charge in [0.2, 0.25) is 0 Å². The average molecular weight is 304 g/mol. The Balaban J connectivity index is 3.08. The quantitative estimate of drug-likeness (QED) is 0.518. The Morgan fingerprint density at radius 2 is 1.50 bits per heavy atom. The summed E-state index contributed by atoms with van der Waals surface area (Å²) in [6.45, 7) is 0. The van der Waals surface area contributed by atoms with E-state index in [9.17, 15) is 0 Å². The number of hydrogen-bond donors (Lipinski definition) is 0. The predicted molar refractivity (Wildman–Crippen MR) is 55.3 cm³/mol. The van der Waals surface area contributed by atoms with Gasteiger partial charge in [-0.25, -0.2) is 0 Å². The van der Waals surface area contributed by atoms with E-state index >= 15 is 0 Å². The first-order valence-electron chi connectivity index (χ1n) is 2.50. The molecule has 0 saturated carbocycles. The number of rotatable bonds is 2. The van der Waals surface area contributed by atoms with Crippen molar-refractivity contribution in [3.05, 3.63) is 3.14 Å². The van der Waals surface area contributed by atoms with Crippen LogP contribution in [0.3, 0.4) is 0 Å². The Morgan fingerprint density at radius 1 is 1.10 bits per heavy atom. The van der Waals surface area contributed by atoms with E-state index < -0.39 is 0 Å². The van der Waals surface area contributed by atoms with Crippen LogP contribution in [0.2, 0.25) is 0 Å². The molecular weight excluding hydrogens is 304 g/mol. The third-order valence-corrected chi connectivity index (χ3v) is 9.56. The summed E-state index contributed by atoms with van der Waals surface area (Å²) >= 11 is 14.6. The molecule has 7 heteroatoms. The van der Waals surface area contributed by atoms with E-state index in [0.717, 1.165) is 3.14 Å². The third-order valence-electron chi connectivity index (χ3n) is 0.890. The molecule has 0 aliphatic carbocycles. The van der Waals surface area contributed by atoms with Crippen LogP contribution in [-0.4, -0.2) is 57.1 Å². The SMILES string of the molecule is [Li][Se]c1sc(=S)sc1[Se][Li]. The Bertz CT molecular complexity index is 242. The zero-order valence-corrected chi connectivity index (χ0v) is 11.4. The summed E-state index contributed by atoms with van der Waals surface area (Å²) in [5.74, 6) is 0. The van der Waals surface area contributed by atoms with Gasteiger partial charge in [0.1, 0.15) is 0 Å². The summed E-state index contributed by atoms with van der Waals surface area (Å²) in [7, 11) is 0. The van der Waals surface area contributed by atoms with Gasteiger partial charge in [0.25, 0.3) is 0 Å². The normalized spacial score (nSPS) is 10.4. The molecular formula is C3Li2S3Se2. The number of hydrogen-bond acceptors (Lipinski definition) is 3. The van der Waals surface area contributed by atoms with Gasteiger partial charge in [-0.15, -0.1) is 0 Å². The second kappa shape index (κ2) is 5.28.